The average molecular weight is 300 g/mol. The minimum absolute atomic E-state index is 0.199. The van der Waals surface area contributed by atoms with Crippen LogP contribution in [0.15, 0.2) is 5.38 Å². The summed E-state index contributed by atoms with van der Waals surface area (Å²) in [4.78, 5) is 18.4. The van der Waals surface area contributed by atoms with Crippen molar-refractivity contribution in [3.63, 3.8) is 0 Å². The first-order valence-corrected chi connectivity index (χ1v) is 8.53. The summed E-state index contributed by atoms with van der Waals surface area (Å²) < 4.78 is 4.95. The van der Waals surface area contributed by atoms with Gasteiger partial charge in [0.25, 0.3) is 0 Å². The number of thioether (sulfide) groups is 1. The largest absolute Gasteiger partial charge is 0.466 e. The molecule has 0 N–H and O–H groups in total. The molecule has 106 valence electrons. The maximum Gasteiger partial charge on any atom is 0.311 e. The number of aromatic nitrogens is 1. The molecule has 0 radical (unpaired) electrons. The lowest BCUT2D eigenvalue weighted by atomic mass is 10.2. The minimum Gasteiger partial charge on any atom is -0.466 e. The number of nitrogens with zero attached hydrogens (tertiary/aromatic N) is 2. The van der Waals surface area contributed by atoms with E-state index in [2.05, 4.69) is 23.7 Å². The number of anilines is 1. The van der Waals surface area contributed by atoms with Crippen molar-refractivity contribution in [1.29, 1.82) is 0 Å². The fraction of sp³-hybridized carbons (Fsp3) is 0.692. The summed E-state index contributed by atoms with van der Waals surface area (Å²) in [6.07, 6.45) is 0.275. The van der Waals surface area contributed by atoms with Crippen LogP contribution in [0, 0.1) is 0 Å². The van der Waals surface area contributed by atoms with Crippen LogP contribution in [0.4, 0.5) is 5.13 Å². The Bertz CT molecular complexity index is 436. The Morgan fingerprint density at radius 1 is 1.58 bits per heavy atom. The van der Waals surface area contributed by atoms with Crippen LogP contribution >= 0.6 is 23.1 Å². The predicted octanol–water partition coefficient (Wildman–Crippen LogP) is 2.58. The number of carbonyl (C=O) groups is 1. The van der Waals surface area contributed by atoms with Crippen molar-refractivity contribution >= 4 is 34.2 Å². The molecule has 0 bridgehead atoms. The maximum atomic E-state index is 11.4. The molecule has 1 aromatic heterocycles. The number of ether oxygens (including phenoxy) is 1. The third kappa shape index (κ3) is 3.63. The van der Waals surface area contributed by atoms with Gasteiger partial charge in [-0.2, -0.15) is 11.8 Å². The molecule has 0 amide bonds. The van der Waals surface area contributed by atoms with E-state index in [1.807, 2.05) is 24.1 Å². The highest BCUT2D eigenvalue weighted by atomic mass is 32.2. The lowest BCUT2D eigenvalue weighted by Gasteiger charge is -2.37. The van der Waals surface area contributed by atoms with E-state index in [4.69, 9.17) is 4.74 Å². The lowest BCUT2D eigenvalue weighted by molar-refractivity contribution is -0.142. The summed E-state index contributed by atoms with van der Waals surface area (Å²) in [5.41, 5.74) is 0.816. The summed E-state index contributed by atoms with van der Waals surface area (Å²) in [5, 5.41) is 3.61. The number of hydrogen-bond donors (Lipinski definition) is 0. The first-order valence-electron chi connectivity index (χ1n) is 6.60. The first-order chi connectivity index (χ1) is 9.11. The Morgan fingerprint density at radius 2 is 2.37 bits per heavy atom. The standard InChI is InChI=1S/C13H20N2O2S2/c1-4-17-12(16)7-11-8-19-13(14-11)15-5-6-18-10(3)9(15)2/h8-10H,4-7H2,1-3H3. The molecule has 2 heterocycles. The van der Waals surface area contributed by atoms with Crippen LogP contribution in [0.25, 0.3) is 0 Å². The summed E-state index contributed by atoms with van der Waals surface area (Å²) in [6.45, 7) is 7.77. The molecular formula is C13H20N2O2S2. The van der Waals surface area contributed by atoms with Gasteiger partial charge in [0.05, 0.1) is 18.7 Å². The van der Waals surface area contributed by atoms with Gasteiger partial charge in [0.1, 0.15) is 0 Å². The highest BCUT2D eigenvalue weighted by Gasteiger charge is 2.27. The molecule has 1 aliphatic heterocycles. The molecule has 2 rings (SSSR count). The van der Waals surface area contributed by atoms with E-state index in [0.717, 1.165) is 23.1 Å². The van der Waals surface area contributed by atoms with Crippen LogP contribution in [-0.4, -0.2) is 41.1 Å². The maximum absolute atomic E-state index is 11.4. The molecule has 1 fully saturated rings. The van der Waals surface area contributed by atoms with E-state index in [1.54, 1.807) is 11.3 Å². The molecule has 1 saturated heterocycles. The smallest absolute Gasteiger partial charge is 0.311 e. The van der Waals surface area contributed by atoms with Gasteiger partial charge >= 0.3 is 5.97 Å². The third-order valence-electron chi connectivity index (χ3n) is 3.30. The zero-order valence-electron chi connectivity index (χ0n) is 11.6. The Morgan fingerprint density at radius 3 is 3.11 bits per heavy atom. The quantitative estimate of drug-likeness (QED) is 0.800. The number of esters is 1. The Kier molecular flexibility index (Phi) is 5.10. The molecule has 1 aromatic rings. The number of thiazole rings is 1. The van der Waals surface area contributed by atoms with Gasteiger partial charge in [0.15, 0.2) is 5.13 Å². The highest BCUT2D eigenvalue weighted by Crippen LogP contribution is 2.31. The molecular weight excluding hydrogens is 280 g/mol. The molecule has 2 atom stereocenters. The van der Waals surface area contributed by atoms with E-state index in [1.165, 1.54) is 0 Å². The van der Waals surface area contributed by atoms with Crippen LogP contribution in [0.3, 0.4) is 0 Å². The minimum atomic E-state index is -0.199. The topological polar surface area (TPSA) is 42.4 Å². The van der Waals surface area contributed by atoms with Crippen LogP contribution < -0.4 is 4.90 Å². The van der Waals surface area contributed by atoms with E-state index in [9.17, 15) is 4.79 Å². The Labute approximate surface area is 122 Å². The number of hydrogen-bond acceptors (Lipinski definition) is 6. The van der Waals surface area contributed by atoms with Crippen molar-refractivity contribution in [2.45, 2.75) is 38.5 Å². The summed E-state index contributed by atoms with van der Waals surface area (Å²) in [7, 11) is 0. The van der Waals surface area contributed by atoms with E-state index >= 15 is 0 Å². The van der Waals surface area contributed by atoms with E-state index < -0.39 is 0 Å². The fourth-order valence-corrected chi connectivity index (χ4v) is 4.11. The molecule has 6 heteroatoms. The Balaban J connectivity index is 2.02. The van der Waals surface area contributed by atoms with Gasteiger partial charge in [-0.3, -0.25) is 4.79 Å². The molecule has 0 saturated carbocycles. The van der Waals surface area contributed by atoms with Gasteiger partial charge in [-0.1, -0.05) is 6.92 Å². The van der Waals surface area contributed by atoms with Crippen molar-refractivity contribution in [2.24, 2.45) is 0 Å². The van der Waals surface area contributed by atoms with Crippen LogP contribution in [0.2, 0.25) is 0 Å². The third-order valence-corrected chi connectivity index (χ3v) is 5.56. The molecule has 4 nitrogen and oxygen atoms in total. The Hall–Kier alpha value is -0.750. The molecule has 0 spiro atoms. The van der Waals surface area contributed by atoms with Gasteiger partial charge in [-0.05, 0) is 13.8 Å². The van der Waals surface area contributed by atoms with Gasteiger partial charge < -0.3 is 9.64 Å². The zero-order chi connectivity index (χ0) is 13.8. The normalized spacial score (nSPS) is 23.4. The molecule has 19 heavy (non-hydrogen) atoms. The van der Waals surface area contributed by atoms with Crippen LogP contribution in [0.5, 0.6) is 0 Å². The van der Waals surface area contributed by atoms with Crippen LogP contribution in [0.1, 0.15) is 26.5 Å². The second-order valence-corrected chi connectivity index (χ2v) is 6.93. The van der Waals surface area contributed by atoms with E-state index in [0.29, 0.717) is 17.9 Å². The SMILES string of the molecule is CCOC(=O)Cc1csc(N2CCSC(C)C2C)n1. The zero-order valence-corrected chi connectivity index (χ0v) is 13.2. The van der Waals surface area contributed by atoms with Gasteiger partial charge in [0, 0.05) is 29.0 Å². The molecule has 0 aromatic carbocycles. The van der Waals surface area contributed by atoms with Crippen molar-refractivity contribution < 1.29 is 9.53 Å². The highest BCUT2D eigenvalue weighted by molar-refractivity contribution is 8.00. The predicted molar refractivity (Wildman–Crippen MR) is 81.2 cm³/mol. The molecule has 1 aliphatic rings. The monoisotopic (exact) mass is 300 g/mol. The van der Waals surface area contributed by atoms with Crippen molar-refractivity contribution in [2.75, 3.05) is 23.8 Å². The van der Waals surface area contributed by atoms with Crippen molar-refractivity contribution in [3.8, 4) is 0 Å². The summed E-state index contributed by atoms with van der Waals surface area (Å²) in [6, 6.07) is 0.486. The average Bonchev–Trinajstić information content (AvgIpc) is 2.81. The second kappa shape index (κ2) is 6.61. The molecule has 2 unspecified atom stereocenters. The summed E-state index contributed by atoms with van der Waals surface area (Å²) >= 11 is 3.63. The second-order valence-electron chi connectivity index (χ2n) is 4.61. The van der Waals surface area contributed by atoms with Gasteiger partial charge in [-0.15, -0.1) is 11.3 Å². The fourth-order valence-electron chi connectivity index (χ4n) is 2.07. The number of carbonyl (C=O) groups excluding carboxylic acids is 1. The van der Waals surface area contributed by atoms with Crippen molar-refractivity contribution in [3.05, 3.63) is 11.1 Å². The van der Waals surface area contributed by atoms with Gasteiger partial charge in [0.2, 0.25) is 0 Å². The first kappa shape index (κ1) is 14.7. The summed E-state index contributed by atoms with van der Waals surface area (Å²) in [5.74, 6) is 0.938. The van der Waals surface area contributed by atoms with Crippen LogP contribution in [-0.2, 0) is 16.0 Å². The van der Waals surface area contributed by atoms with Crippen molar-refractivity contribution in [1.82, 2.24) is 4.98 Å². The lowest BCUT2D eigenvalue weighted by Crippen LogP contribution is -2.44. The molecule has 0 aliphatic carbocycles. The van der Waals surface area contributed by atoms with Gasteiger partial charge in [-0.25, -0.2) is 4.98 Å². The number of rotatable bonds is 4. The van der Waals surface area contributed by atoms with E-state index in [-0.39, 0.29) is 12.4 Å².